The fourth-order valence-corrected chi connectivity index (χ4v) is 10.8. The molecule has 6 nitrogen and oxygen atoms in total. The molecule has 4 heterocycles. The van der Waals surface area contributed by atoms with Gasteiger partial charge < -0.3 is 0 Å². The van der Waals surface area contributed by atoms with E-state index in [4.69, 9.17) is 23.4 Å². The van der Waals surface area contributed by atoms with E-state index in [1.807, 2.05) is 63.9 Å². The predicted octanol–water partition coefficient (Wildman–Crippen LogP) is 14.4. The van der Waals surface area contributed by atoms with Crippen molar-refractivity contribution in [1.82, 2.24) is 23.7 Å². The monoisotopic (exact) mass is 1020 g/mol. The SMILES string of the molecule is [2H]c1c([2H])c([2H])c(-c2cccc(-c3c([2H])c([2H])c([2H])c([2H])c3[2H])c2-n2[c](=[Pt])n(-c3cncc(Oc4ccc5c6cc7c(cc6n(-c6cc(C)ccn6)c5c4)C(C)(C)C(C)(C)C7(C)C)c3)c3ccccc32)c([2H])c1[2H]. The second kappa shape index (κ2) is 14.7. The number of fused-ring (bicyclic) bond motifs is 5. The second-order valence-electron chi connectivity index (χ2n) is 18.1. The fourth-order valence-electron chi connectivity index (χ4n) is 9.73. The normalized spacial score (nSPS) is 17.1. The average Bonchev–Trinajstić information content (AvgIpc) is 3.92. The molecular formula is C57H49N5OPt. The number of rotatable bonds is 7. The van der Waals surface area contributed by atoms with E-state index in [2.05, 4.69) is 102 Å². The van der Waals surface area contributed by atoms with Gasteiger partial charge in [0.25, 0.3) is 0 Å². The molecule has 7 heteroatoms. The van der Waals surface area contributed by atoms with Gasteiger partial charge in [-0.25, -0.2) is 0 Å². The molecule has 0 radical (unpaired) electrons. The molecule has 0 saturated carbocycles. The number of nitrogens with zero attached hydrogens (tertiary/aromatic N) is 5. The maximum absolute atomic E-state index is 9.09. The summed E-state index contributed by atoms with van der Waals surface area (Å²) in [5.41, 5.74) is 7.74. The number of aryl methyl sites for hydroxylation is 1. The molecule has 0 amide bonds. The first-order chi connectivity index (χ1) is 35.0. The van der Waals surface area contributed by atoms with Crippen LogP contribution in [0.2, 0.25) is 0 Å². The molecule has 0 N–H and O–H groups in total. The molecule has 11 rings (SSSR count). The van der Waals surface area contributed by atoms with Crippen molar-refractivity contribution in [2.24, 2.45) is 5.41 Å². The molecule has 318 valence electrons. The van der Waals surface area contributed by atoms with Crippen LogP contribution in [-0.4, -0.2) is 23.7 Å². The zero-order valence-electron chi connectivity index (χ0n) is 46.4. The first-order valence-electron chi connectivity index (χ1n) is 26.1. The number of para-hydroxylation sites is 3. The van der Waals surface area contributed by atoms with Crippen molar-refractivity contribution in [1.29, 1.82) is 0 Å². The summed E-state index contributed by atoms with van der Waals surface area (Å²) in [5, 5.41) is 2.19. The van der Waals surface area contributed by atoms with Crippen LogP contribution >= 0.6 is 0 Å². The van der Waals surface area contributed by atoms with Gasteiger partial charge in [0, 0.05) is 6.20 Å². The quantitative estimate of drug-likeness (QED) is 0.160. The Balaban J connectivity index is 1.10. The number of pyridine rings is 2. The average molecular weight is 1030 g/mol. The number of benzene rings is 6. The summed E-state index contributed by atoms with van der Waals surface area (Å²) < 4.78 is 101. The van der Waals surface area contributed by atoms with Gasteiger partial charge >= 0.3 is 307 Å². The van der Waals surface area contributed by atoms with E-state index < -0.39 is 60.4 Å². The van der Waals surface area contributed by atoms with Crippen molar-refractivity contribution < 1.29 is 37.8 Å². The van der Waals surface area contributed by atoms with Gasteiger partial charge in [0.2, 0.25) is 0 Å². The van der Waals surface area contributed by atoms with Gasteiger partial charge in [-0.3, -0.25) is 0 Å². The van der Waals surface area contributed by atoms with E-state index in [9.17, 15) is 0 Å². The van der Waals surface area contributed by atoms with Gasteiger partial charge in [0.15, 0.2) is 0 Å². The van der Waals surface area contributed by atoms with Crippen molar-refractivity contribution in [3.8, 4) is 50.9 Å². The Kier molecular flexibility index (Phi) is 7.01. The number of ether oxygens (including phenoxy) is 1. The molecule has 10 aromatic rings. The van der Waals surface area contributed by atoms with Gasteiger partial charge in [0.1, 0.15) is 0 Å². The number of hydrogen-bond donors (Lipinski definition) is 0. The Labute approximate surface area is 398 Å². The zero-order chi connectivity index (χ0) is 52.8. The predicted molar refractivity (Wildman–Crippen MR) is 258 cm³/mol. The molecule has 0 bridgehead atoms. The van der Waals surface area contributed by atoms with Crippen LogP contribution in [0, 0.1) is 16.1 Å². The van der Waals surface area contributed by atoms with Crippen LogP contribution in [0.1, 0.15) is 71.9 Å². The summed E-state index contributed by atoms with van der Waals surface area (Å²) in [6.45, 7) is 16.2. The number of aromatic nitrogens is 5. The van der Waals surface area contributed by atoms with E-state index in [-0.39, 0.29) is 44.2 Å². The van der Waals surface area contributed by atoms with Gasteiger partial charge in [-0.15, -0.1) is 0 Å². The molecule has 1 aliphatic carbocycles. The molecular weight excluding hydrogens is 966 g/mol. The van der Waals surface area contributed by atoms with Crippen LogP contribution in [0.4, 0.5) is 0 Å². The molecule has 0 fully saturated rings. The van der Waals surface area contributed by atoms with E-state index in [0.717, 1.165) is 33.2 Å². The Bertz CT molecular complexity index is 4010. The third-order valence-corrected chi connectivity index (χ3v) is 15.2. The molecule has 0 spiro atoms. The first-order valence-corrected chi connectivity index (χ1v) is 22.3. The van der Waals surface area contributed by atoms with Crippen LogP contribution in [0.25, 0.3) is 72.3 Å². The second-order valence-corrected chi connectivity index (χ2v) is 19.1. The molecule has 1 aliphatic rings. The summed E-state index contributed by atoms with van der Waals surface area (Å²) in [7, 11) is 0. The van der Waals surface area contributed by atoms with Crippen molar-refractivity contribution >= 4 is 32.8 Å². The standard InChI is InChI=1S/C57H49N5O.Pt/c1-37-27-28-59-53(29-37)62-51-31-41(25-26-45(51)46-32-47-48(33-52(46)62)56(4,5)57(6,7)55(47,2)3)63-42-30-40(34-58-35-42)60-36-61(50-24-15-14-23-49(50)60)54-43(38-17-10-8-11-18-38)21-16-22-44(54)39-19-12-9-13-20-39;/h8-35H,1-7H3;/i8D,9D,10D,11D,12D,13D,17D,18D,19D,20D;. The van der Waals surface area contributed by atoms with Crippen LogP contribution < -0.4 is 4.74 Å². The van der Waals surface area contributed by atoms with Gasteiger partial charge in [-0.05, 0) is 45.9 Å². The Hall–Kier alpha value is -6.62. The van der Waals surface area contributed by atoms with Crippen molar-refractivity contribution in [3.63, 3.8) is 0 Å². The minimum atomic E-state index is -0.563. The Morgan fingerprint density at radius 1 is 0.578 bits per heavy atom. The summed E-state index contributed by atoms with van der Waals surface area (Å²) in [6.07, 6.45) is 5.17. The molecule has 4 aromatic heterocycles. The van der Waals surface area contributed by atoms with E-state index in [1.54, 1.807) is 30.6 Å². The molecule has 6 aromatic carbocycles. The fraction of sp³-hybridized carbons (Fsp3) is 0.175. The Morgan fingerprint density at radius 3 is 1.86 bits per heavy atom. The summed E-state index contributed by atoms with van der Waals surface area (Å²) in [5.74, 6) is 1.80. The third-order valence-electron chi connectivity index (χ3n) is 14.2. The molecule has 0 atom stereocenters. The topological polar surface area (TPSA) is 49.8 Å². The summed E-state index contributed by atoms with van der Waals surface area (Å²) >= 11 is 2.15. The van der Waals surface area contributed by atoms with E-state index in [0.29, 0.717) is 32.0 Å². The summed E-state index contributed by atoms with van der Waals surface area (Å²) in [6, 6.07) is 24.0. The van der Waals surface area contributed by atoms with Crippen LogP contribution in [-0.2, 0) is 30.2 Å². The first kappa shape index (κ1) is 30.5. The third kappa shape index (κ3) is 5.99. The van der Waals surface area contributed by atoms with Gasteiger partial charge in [-0.1, -0.05) is 41.5 Å². The molecule has 0 saturated heterocycles. The molecule has 0 unspecified atom stereocenters. The molecule has 0 aliphatic heterocycles. The Morgan fingerprint density at radius 2 is 1.20 bits per heavy atom. The minimum absolute atomic E-state index is 0.0199. The van der Waals surface area contributed by atoms with Gasteiger partial charge in [-0.2, -0.15) is 0 Å². The zero-order valence-corrected chi connectivity index (χ0v) is 38.6. The van der Waals surface area contributed by atoms with Crippen molar-refractivity contribution in [3.05, 3.63) is 191 Å². The van der Waals surface area contributed by atoms with E-state index in [1.165, 1.54) is 11.1 Å². The van der Waals surface area contributed by atoms with Crippen molar-refractivity contribution in [2.45, 2.75) is 59.3 Å². The van der Waals surface area contributed by atoms with Crippen LogP contribution in [0.5, 0.6) is 11.5 Å². The van der Waals surface area contributed by atoms with Gasteiger partial charge in [0.05, 0.1) is 0 Å². The number of imidazole rings is 1. The maximum atomic E-state index is 9.09. The number of hydrogen-bond acceptors (Lipinski definition) is 3. The van der Waals surface area contributed by atoms with Crippen LogP contribution in [0.3, 0.4) is 0 Å². The van der Waals surface area contributed by atoms with Crippen LogP contribution in [0.15, 0.2) is 170 Å². The van der Waals surface area contributed by atoms with E-state index >= 15 is 0 Å². The van der Waals surface area contributed by atoms with Crippen molar-refractivity contribution in [2.75, 3.05) is 0 Å². The molecule has 64 heavy (non-hydrogen) atoms. The summed E-state index contributed by atoms with van der Waals surface area (Å²) in [4.78, 5) is 9.56.